The fourth-order valence-corrected chi connectivity index (χ4v) is 6.19. The molecule has 5 heteroatoms. The molecule has 168 valence electrons. The van der Waals surface area contributed by atoms with Gasteiger partial charge in [-0.3, -0.25) is 9.59 Å². The van der Waals surface area contributed by atoms with E-state index in [2.05, 4.69) is 26.8 Å². The Labute approximate surface area is 190 Å². The van der Waals surface area contributed by atoms with Crippen LogP contribution in [0.5, 0.6) is 5.75 Å². The van der Waals surface area contributed by atoms with Gasteiger partial charge in [0.2, 0.25) is 0 Å². The van der Waals surface area contributed by atoms with Crippen molar-refractivity contribution in [3.63, 3.8) is 0 Å². The first kappa shape index (κ1) is 21.0. The van der Waals surface area contributed by atoms with E-state index in [0.717, 1.165) is 37.9 Å². The molecule has 1 aliphatic carbocycles. The van der Waals surface area contributed by atoms with Gasteiger partial charge in [0.1, 0.15) is 5.75 Å². The lowest BCUT2D eigenvalue weighted by molar-refractivity contribution is -0.0266. The van der Waals surface area contributed by atoms with Crippen molar-refractivity contribution in [1.82, 2.24) is 9.80 Å². The number of phenolic OH excluding ortho intramolecular Hbond substituents is 1. The van der Waals surface area contributed by atoms with Crippen molar-refractivity contribution < 1.29 is 14.7 Å². The van der Waals surface area contributed by atoms with E-state index in [-0.39, 0.29) is 28.7 Å². The molecule has 2 saturated heterocycles. The zero-order chi connectivity index (χ0) is 22.7. The molecule has 2 bridgehead atoms. The highest BCUT2D eigenvalue weighted by molar-refractivity contribution is 5.98. The zero-order valence-electron chi connectivity index (χ0n) is 19.2. The summed E-state index contributed by atoms with van der Waals surface area (Å²) in [5.74, 6) is 0.383. The fraction of sp³-hybridized carbons (Fsp3) is 0.481. The normalized spacial score (nSPS) is 26.0. The molecular formula is C27H32N2O3. The topological polar surface area (TPSA) is 60.9 Å². The molecule has 2 aromatic carbocycles. The van der Waals surface area contributed by atoms with Crippen molar-refractivity contribution in [2.24, 2.45) is 5.41 Å². The molecule has 2 heterocycles. The lowest BCUT2D eigenvalue weighted by Gasteiger charge is -2.60. The number of piperidine rings is 1. The molecule has 2 aromatic rings. The Morgan fingerprint density at radius 2 is 1.53 bits per heavy atom. The van der Waals surface area contributed by atoms with E-state index in [0.29, 0.717) is 29.8 Å². The first-order chi connectivity index (χ1) is 15.2. The van der Waals surface area contributed by atoms with Gasteiger partial charge < -0.3 is 14.9 Å². The van der Waals surface area contributed by atoms with Crippen LogP contribution in [-0.4, -0.2) is 52.4 Å². The summed E-state index contributed by atoms with van der Waals surface area (Å²) in [6.07, 6.45) is 3.63. The summed E-state index contributed by atoms with van der Waals surface area (Å²) < 4.78 is 0. The third kappa shape index (κ3) is 2.97. The molecule has 2 amide bonds. The summed E-state index contributed by atoms with van der Waals surface area (Å²) in [5.41, 5.74) is 3.22. The standard InChI is InChI=1S/C27H32N2O3/c1-26(2)23-17-20-21(7-6-8-22(20)30)27(26,3)13-16-29(23)25(32)19-11-9-18(10-12-19)24(31)28-14-4-5-15-28/h6-12,23,30H,4-5,13-17H2,1-3H3/t23?,27-/m0/s1. The number of benzene rings is 2. The molecule has 1 N–H and O–H groups in total. The number of fused-ring (bicyclic) bond motifs is 4. The first-order valence-electron chi connectivity index (χ1n) is 11.8. The summed E-state index contributed by atoms with van der Waals surface area (Å²) >= 11 is 0. The van der Waals surface area contributed by atoms with Crippen LogP contribution in [-0.2, 0) is 11.8 Å². The molecule has 5 nitrogen and oxygen atoms in total. The van der Waals surface area contributed by atoms with Gasteiger partial charge in [-0.05, 0) is 72.6 Å². The van der Waals surface area contributed by atoms with E-state index >= 15 is 0 Å². The molecule has 0 radical (unpaired) electrons. The summed E-state index contributed by atoms with van der Waals surface area (Å²) in [6, 6.07) is 13.0. The zero-order valence-corrected chi connectivity index (χ0v) is 19.2. The van der Waals surface area contributed by atoms with Gasteiger partial charge in [0.15, 0.2) is 0 Å². The molecule has 32 heavy (non-hydrogen) atoms. The van der Waals surface area contributed by atoms with E-state index in [1.54, 1.807) is 30.3 Å². The number of likely N-dealkylation sites (tertiary alicyclic amines) is 2. The van der Waals surface area contributed by atoms with Crippen LogP contribution in [0.15, 0.2) is 42.5 Å². The van der Waals surface area contributed by atoms with Crippen molar-refractivity contribution in [3.05, 3.63) is 64.7 Å². The second-order valence-corrected chi connectivity index (χ2v) is 10.4. The molecule has 0 aromatic heterocycles. The van der Waals surface area contributed by atoms with Crippen LogP contribution in [0, 0.1) is 5.41 Å². The number of phenols is 1. The average molecular weight is 433 g/mol. The monoisotopic (exact) mass is 432 g/mol. The summed E-state index contributed by atoms with van der Waals surface area (Å²) in [4.78, 5) is 30.1. The minimum Gasteiger partial charge on any atom is -0.508 e. The molecule has 2 aliphatic heterocycles. The summed E-state index contributed by atoms with van der Waals surface area (Å²) in [5, 5.41) is 10.6. The maximum absolute atomic E-state index is 13.6. The first-order valence-corrected chi connectivity index (χ1v) is 11.8. The molecule has 3 aliphatic rings. The van der Waals surface area contributed by atoms with Gasteiger partial charge in [-0.25, -0.2) is 0 Å². The van der Waals surface area contributed by atoms with E-state index in [1.807, 2.05) is 15.9 Å². The molecule has 1 unspecified atom stereocenters. The molecule has 0 saturated carbocycles. The maximum Gasteiger partial charge on any atom is 0.254 e. The van der Waals surface area contributed by atoms with Gasteiger partial charge in [0.05, 0.1) is 0 Å². The Bertz CT molecular complexity index is 1070. The highest BCUT2D eigenvalue weighted by Gasteiger charge is 2.57. The van der Waals surface area contributed by atoms with E-state index in [4.69, 9.17) is 0 Å². The number of carbonyl (C=O) groups excluding carboxylic acids is 2. The Balaban J connectivity index is 1.43. The third-order valence-electron chi connectivity index (χ3n) is 8.66. The highest BCUT2D eigenvalue weighted by Crippen LogP contribution is 2.57. The Morgan fingerprint density at radius 1 is 0.906 bits per heavy atom. The number of amides is 2. The maximum atomic E-state index is 13.6. The Kier molecular flexibility index (Phi) is 4.84. The number of hydrogen-bond donors (Lipinski definition) is 1. The lowest BCUT2D eigenvalue weighted by atomic mass is 9.51. The van der Waals surface area contributed by atoms with Crippen molar-refractivity contribution in [2.45, 2.75) is 57.9 Å². The average Bonchev–Trinajstić information content (AvgIpc) is 3.31. The largest absolute Gasteiger partial charge is 0.508 e. The van der Waals surface area contributed by atoms with E-state index < -0.39 is 0 Å². The third-order valence-corrected chi connectivity index (χ3v) is 8.66. The number of nitrogens with zero attached hydrogens (tertiary/aromatic N) is 2. The van der Waals surface area contributed by atoms with Crippen LogP contribution in [0.25, 0.3) is 0 Å². The number of carbonyl (C=O) groups is 2. The molecule has 5 rings (SSSR count). The molecule has 2 atom stereocenters. The molecule has 0 spiro atoms. The predicted octanol–water partition coefficient (Wildman–Crippen LogP) is 4.38. The van der Waals surface area contributed by atoms with E-state index in [9.17, 15) is 14.7 Å². The lowest BCUT2D eigenvalue weighted by Crippen LogP contribution is -2.64. The highest BCUT2D eigenvalue weighted by atomic mass is 16.3. The van der Waals surface area contributed by atoms with E-state index in [1.165, 1.54) is 5.56 Å². The predicted molar refractivity (Wildman–Crippen MR) is 124 cm³/mol. The number of rotatable bonds is 2. The quantitative estimate of drug-likeness (QED) is 0.766. The molecular weight excluding hydrogens is 400 g/mol. The van der Waals surface area contributed by atoms with Crippen molar-refractivity contribution >= 4 is 11.8 Å². The van der Waals surface area contributed by atoms with Crippen molar-refractivity contribution in [3.8, 4) is 5.75 Å². The second kappa shape index (κ2) is 7.36. The Morgan fingerprint density at radius 3 is 2.19 bits per heavy atom. The molecule has 2 fully saturated rings. The fourth-order valence-electron chi connectivity index (χ4n) is 6.19. The minimum atomic E-state index is -0.132. The summed E-state index contributed by atoms with van der Waals surface area (Å²) in [6.45, 7) is 9.10. The van der Waals surface area contributed by atoms with Crippen LogP contribution >= 0.6 is 0 Å². The second-order valence-electron chi connectivity index (χ2n) is 10.4. The summed E-state index contributed by atoms with van der Waals surface area (Å²) in [7, 11) is 0. The van der Waals surface area contributed by atoms with Gasteiger partial charge in [-0.15, -0.1) is 0 Å². The van der Waals surface area contributed by atoms with Crippen molar-refractivity contribution in [1.29, 1.82) is 0 Å². The van der Waals surface area contributed by atoms with Crippen LogP contribution in [0.3, 0.4) is 0 Å². The Hall–Kier alpha value is -2.82. The van der Waals surface area contributed by atoms with Crippen LogP contribution in [0.4, 0.5) is 0 Å². The van der Waals surface area contributed by atoms with Crippen LogP contribution in [0.2, 0.25) is 0 Å². The van der Waals surface area contributed by atoms with Gasteiger partial charge in [-0.1, -0.05) is 32.9 Å². The van der Waals surface area contributed by atoms with Gasteiger partial charge >= 0.3 is 0 Å². The van der Waals surface area contributed by atoms with Crippen LogP contribution in [0.1, 0.15) is 71.9 Å². The number of hydrogen-bond acceptors (Lipinski definition) is 3. The van der Waals surface area contributed by atoms with Gasteiger partial charge in [-0.2, -0.15) is 0 Å². The minimum absolute atomic E-state index is 0.000424. The van der Waals surface area contributed by atoms with Crippen molar-refractivity contribution in [2.75, 3.05) is 19.6 Å². The SMILES string of the molecule is CC1(C)C2Cc3c(O)cccc3[C@]1(C)CCN2C(=O)c1ccc(C(=O)N2CCCC2)cc1. The van der Waals surface area contributed by atoms with Crippen LogP contribution < -0.4 is 0 Å². The van der Waals surface area contributed by atoms with Gasteiger partial charge in [0.25, 0.3) is 11.8 Å². The number of aromatic hydroxyl groups is 1. The smallest absolute Gasteiger partial charge is 0.254 e. The van der Waals surface area contributed by atoms with Gasteiger partial charge in [0, 0.05) is 42.2 Å².